The first-order chi connectivity index (χ1) is 21.2. The molecule has 0 fully saturated rings. The second-order valence-corrected chi connectivity index (χ2v) is 12.7. The summed E-state index contributed by atoms with van der Waals surface area (Å²) in [6.45, 7) is 6.50. The fourth-order valence-corrected chi connectivity index (χ4v) is 5.14. The maximum Gasteiger partial charge on any atom is 0.0456 e. The molecule has 0 saturated heterocycles. The van der Waals surface area contributed by atoms with E-state index in [1.54, 1.807) is 0 Å². The van der Waals surface area contributed by atoms with E-state index in [2.05, 4.69) is 86.9 Å². The van der Waals surface area contributed by atoms with E-state index in [4.69, 9.17) is 5.10 Å². The Morgan fingerprint density at radius 2 is 0.860 bits per heavy atom. The van der Waals surface area contributed by atoms with Crippen molar-refractivity contribution in [3.63, 3.8) is 0 Å². The molecule has 0 radical (unpaired) electrons. The molecule has 0 unspecified atom stereocenters. The van der Waals surface area contributed by atoms with Gasteiger partial charge in [0.15, 0.2) is 0 Å². The van der Waals surface area contributed by atoms with Crippen molar-refractivity contribution in [1.29, 1.82) is 0 Å². The molecule has 0 spiro atoms. The SMILES string of the molecule is CCCCC/C=C\C/C=C\CCCCCCCCC(CCCCCCC/C=C/C/C=C\CCCCC)=NNCCN(C)C. The second-order valence-electron chi connectivity index (χ2n) is 12.7. The molecule has 3 heteroatoms. The summed E-state index contributed by atoms with van der Waals surface area (Å²) in [7, 11) is 4.25. The van der Waals surface area contributed by atoms with E-state index in [0.717, 1.165) is 25.9 Å². The van der Waals surface area contributed by atoms with Crippen LogP contribution in [0.2, 0.25) is 0 Å². The predicted octanol–water partition coefficient (Wildman–Crippen LogP) is 12.5. The van der Waals surface area contributed by atoms with Gasteiger partial charge in [-0.25, -0.2) is 0 Å². The molecule has 0 atom stereocenters. The minimum absolute atomic E-state index is 0.933. The van der Waals surface area contributed by atoms with Crippen molar-refractivity contribution in [2.24, 2.45) is 5.10 Å². The van der Waals surface area contributed by atoms with Crippen molar-refractivity contribution in [3.8, 4) is 0 Å². The summed E-state index contributed by atoms with van der Waals surface area (Å²) in [5.74, 6) is 0. The van der Waals surface area contributed by atoms with Crippen LogP contribution in [0.25, 0.3) is 0 Å². The van der Waals surface area contributed by atoms with Crippen molar-refractivity contribution in [2.45, 2.75) is 174 Å². The van der Waals surface area contributed by atoms with E-state index in [-0.39, 0.29) is 0 Å². The molecular weight excluding hydrogens is 522 g/mol. The molecule has 0 amide bonds. The van der Waals surface area contributed by atoms with Crippen LogP contribution in [0.5, 0.6) is 0 Å². The molecule has 0 aliphatic carbocycles. The van der Waals surface area contributed by atoms with Crippen molar-refractivity contribution < 1.29 is 0 Å². The van der Waals surface area contributed by atoms with Crippen molar-refractivity contribution in [2.75, 3.05) is 27.2 Å². The largest absolute Gasteiger partial charge is 0.309 e. The van der Waals surface area contributed by atoms with Gasteiger partial charge in [0.1, 0.15) is 0 Å². The van der Waals surface area contributed by atoms with E-state index in [0.29, 0.717) is 0 Å². The quantitative estimate of drug-likeness (QED) is 0.0352. The summed E-state index contributed by atoms with van der Waals surface area (Å²) in [5.41, 5.74) is 4.74. The molecule has 0 heterocycles. The maximum absolute atomic E-state index is 4.82. The van der Waals surface area contributed by atoms with Crippen LogP contribution >= 0.6 is 0 Å². The number of rotatable bonds is 33. The lowest BCUT2D eigenvalue weighted by Gasteiger charge is -2.11. The first kappa shape index (κ1) is 41.4. The van der Waals surface area contributed by atoms with Gasteiger partial charge in [-0.15, -0.1) is 0 Å². The van der Waals surface area contributed by atoms with Crippen LogP contribution in [0.3, 0.4) is 0 Å². The van der Waals surface area contributed by atoms with Crippen LogP contribution in [0, 0.1) is 0 Å². The summed E-state index contributed by atoms with van der Waals surface area (Å²) in [6.07, 6.45) is 51.1. The molecule has 3 nitrogen and oxygen atoms in total. The van der Waals surface area contributed by atoms with Gasteiger partial charge in [-0.1, -0.05) is 133 Å². The number of hydrogen-bond donors (Lipinski definition) is 1. The Kier molecular flexibility index (Phi) is 35.2. The van der Waals surface area contributed by atoms with Crippen molar-refractivity contribution in [3.05, 3.63) is 48.6 Å². The number of nitrogens with one attached hydrogen (secondary N) is 1. The van der Waals surface area contributed by atoms with E-state index < -0.39 is 0 Å². The molecule has 0 aromatic rings. The van der Waals surface area contributed by atoms with E-state index >= 15 is 0 Å². The Bertz CT molecular complexity index is 686. The second kappa shape index (κ2) is 36.6. The van der Waals surface area contributed by atoms with E-state index in [1.165, 1.54) is 153 Å². The molecular formula is C40H75N3. The normalized spacial score (nSPS) is 12.8. The molecule has 0 bridgehead atoms. The molecule has 0 aromatic carbocycles. The zero-order valence-electron chi connectivity index (χ0n) is 29.6. The maximum atomic E-state index is 4.82. The standard InChI is InChI=1S/C40H75N3/c1-5-7-9-11-13-15-17-19-21-23-25-27-29-31-33-35-37-40(42-41-38-39-43(3)4)36-34-32-30-28-26-24-22-20-18-16-14-12-10-8-6-2/h13-16,19-22,41H,5-12,17-18,23-39H2,1-4H3/b15-13-,16-14-,21-19-,22-20+,42-40?. The summed E-state index contributed by atoms with van der Waals surface area (Å²) in [4.78, 5) is 2.21. The lowest BCUT2D eigenvalue weighted by atomic mass is 10.0. The predicted molar refractivity (Wildman–Crippen MR) is 197 cm³/mol. The number of allylic oxidation sites excluding steroid dienone is 8. The van der Waals surface area contributed by atoms with Crippen LogP contribution in [0.4, 0.5) is 0 Å². The van der Waals surface area contributed by atoms with Gasteiger partial charge in [-0.2, -0.15) is 5.10 Å². The van der Waals surface area contributed by atoms with Gasteiger partial charge in [0.25, 0.3) is 0 Å². The van der Waals surface area contributed by atoms with Gasteiger partial charge in [0.2, 0.25) is 0 Å². The monoisotopic (exact) mass is 598 g/mol. The smallest absolute Gasteiger partial charge is 0.0456 e. The van der Waals surface area contributed by atoms with Gasteiger partial charge in [-0.3, -0.25) is 0 Å². The van der Waals surface area contributed by atoms with Crippen LogP contribution in [0.15, 0.2) is 53.7 Å². The summed E-state index contributed by atoms with van der Waals surface area (Å²) >= 11 is 0. The van der Waals surface area contributed by atoms with Gasteiger partial charge < -0.3 is 10.3 Å². The number of hydrogen-bond acceptors (Lipinski definition) is 3. The Balaban J connectivity index is 3.90. The highest BCUT2D eigenvalue weighted by Gasteiger charge is 2.02. The minimum Gasteiger partial charge on any atom is -0.309 e. The van der Waals surface area contributed by atoms with E-state index in [1.807, 2.05) is 0 Å². The Morgan fingerprint density at radius 1 is 0.488 bits per heavy atom. The van der Waals surface area contributed by atoms with Gasteiger partial charge >= 0.3 is 0 Å². The first-order valence-electron chi connectivity index (χ1n) is 18.7. The van der Waals surface area contributed by atoms with Gasteiger partial charge in [-0.05, 0) is 104 Å². The number of nitrogens with zero attached hydrogens (tertiary/aromatic N) is 2. The molecule has 0 aromatic heterocycles. The van der Waals surface area contributed by atoms with Crippen molar-refractivity contribution >= 4 is 5.71 Å². The number of likely N-dealkylation sites (N-methyl/N-ethyl adjacent to an activating group) is 1. The number of unbranched alkanes of at least 4 members (excludes halogenated alkanes) is 17. The van der Waals surface area contributed by atoms with Crippen LogP contribution in [-0.2, 0) is 0 Å². The van der Waals surface area contributed by atoms with Gasteiger partial charge in [0.05, 0.1) is 0 Å². The van der Waals surface area contributed by atoms with Crippen molar-refractivity contribution in [1.82, 2.24) is 10.3 Å². The average Bonchev–Trinajstić information content (AvgIpc) is 3.00. The third-order valence-corrected chi connectivity index (χ3v) is 7.99. The Hall–Kier alpha value is -1.61. The summed E-state index contributed by atoms with van der Waals surface area (Å²) in [5, 5.41) is 4.82. The van der Waals surface area contributed by atoms with Gasteiger partial charge in [0, 0.05) is 18.8 Å². The topological polar surface area (TPSA) is 27.6 Å². The van der Waals surface area contributed by atoms with Crippen LogP contribution in [-0.4, -0.2) is 37.8 Å². The zero-order chi connectivity index (χ0) is 31.3. The lowest BCUT2D eigenvalue weighted by molar-refractivity contribution is 0.402. The Morgan fingerprint density at radius 3 is 1.26 bits per heavy atom. The molecule has 0 aliphatic rings. The fraction of sp³-hybridized carbons (Fsp3) is 0.775. The van der Waals surface area contributed by atoms with Crippen LogP contribution in [0.1, 0.15) is 174 Å². The summed E-state index contributed by atoms with van der Waals surface area (Å²) in [6, 6.07) is 0. The molecule has 250 valence electrons. The Labute approximate surface area is 270 Å². The van der Waals surface area contributed by atoms with Crippen LogP contribution < -0.4 is 5.43 Å². The molecule has 0 aliphatic heterocycles. The lowest BCUT2D eigenvalue weighted by Crippen LogP contribution is -2.24. The highest BCUT2D eigenvalue weighted by atomic mass is 15.3. The average molecular weight is 598 g/mol. The first-order valence-corrected chi connectivity index (χ1v) is 18.7. The minimum atomic E-state index is 0.933. The fourth-order valence-electron chi connectivity index (χ4n) is 5.14. The summed E-state index contributed by atoms with van der Waals surface area (Å²) < 4.78 is 0. The zero-order valence-corrected chi connectivity index (χ0v) is 29.6. The number of hydrazone groups is 1. The highest BCUT2D eigenvalue weighted by molar-refractivity contribution is 5.84. The molecule has 0 rings (SSSR count). The molecule has 1 N–H and O–H groups in total. The highest BCUT2D eigenvalue weighted by Crippen LogP contribution is 2.13. The van der Waals surface area contributed by atoms with E-state index in [9.17, 15) is 0 Å². The molecule has 0 saturated carbocycles. The third-order valence-electron chi connectivity index (χ3n) is 7.99. The third kappa shape index (κ3) is 36.5. The molecule has 43 heavy (non-hydrogen) atoms.